The van der Waals surface area contributed by atoms with Gasteiger partial charge in [0.2, 0.25) is 0 Å². The summed E-state index contributed by atoms with van der Waals surface area (Å²) in [5.41, 5.74) is 0. The van der Waals surface area contributed by atoms with Gasteiger partial charge in [0.1, 0.15) is 5.78 Å². The van der Waals surface area contributed by atoms with Gasteiger partial charge in [-0.25, -0.2) is 0 Å². The summed E-state index contributed by atoms with van der Waals surface area (Å²) < 4.78 is 0. The van der Waals surface area contributed by atoms with Crippen LogP contribution in [-0.4, -0.2) is 17.9 Å². The van der Waals surface area contributed by atoms with Crippen molar-refractivity contribution in [1.29, 1.82) is 0 Å². The SMILES string of the molecule is CC(C)CC(=O)C1CC2CCCC(C1)N2. The molecule has 15 heavy (non-hydrogen) atoms. The number of nitrogens with one attached hydrogen (secondary N) is 1. The Morgan fingerprint density at radius 1 is 1.27 bits per heavy atom. The standard InChI is InChI=1S/C13H23NO/c1-9(2)6-13(15)10-7-11-4-3-5-12(8-10)14-11/h9-12,14H,3-8H2,1-2H3. The van der Waals surface area contributed by atoms with Gasteiger partial charge in [-0.05, 0) is 31.6 Å². The molecule has 0 saturated carbocycles. The lowest BCUT2D eigenvalue weighted by molar-refractivity contribution is -0.125. The van der Waals surface area contributed by atoms with Crippen LogP contribution in [-0.2, 0) is 4.79 Å². The highest BCUT2D eigenvalue weighted by molar-refractivity contribution is 5.81. The Balaban J connectivity index is 1.90. The zero-order chi connectivity index (χ0) is 10.8. The molecule has 2 bridgehead atoms. The summed E-state index contributed by atoms with van der Waals surface area (Å²) in [5, 5.41) is 3.64. The number of carbonyl (C=O) groups excluding carboxylic acids is 1. The van der Waals surface area contributed by atoms with Crippen molar-refractivity contribution in [3.8, 4) is 0 Å². The Labute approximate surface area is 92.8 Å². The third kappa shape index (κ3) is 2.81. The Hall–Kier alpha value is -0.370. The molecule has 0 aromatic heterocycles. The second-order valence-electron chi connectivity index (χ2n) is 5.72. The van der Waals surface area contributed by atoms with E-state index in [9.17, 15) is 4.79 Å². The zero-order valence-electron chi connectivity index (χ0n) is 9.96. The fraction of sp³-hybridized carbons (Fsp3) is 0.923. The van der Waals surface area contributed by atoms with Gasteiger partial charge in [-0.3, -0.25) is 4.79 Å². The Morgan fingerprint density at radius 2 is 1.87 bits per heavy atom. The van der Waals surface area contributed by atoms with Crippen molar-refractivity contribution in [3.63, 3.8) is 0 Å². The molecule has 86 valence electrons. The predicted octanol–water partition coefficient (Wildman–Crippen LogP) is 2.52. The van der Waals surface area contributed by atoms with E-state index in [4.69, 9.17) is 0 Å². The zero-order valence-corrected chi connectivity index (χ0v) is 9.96. The number of hydrogen-bond donors (Lipinski definition) is 1. The van der Waals surface area contributed by atoms with Crippen molar-refractivity contribution in [1.82, 2.24) is 5.32 Å². The van der Waals surface area contributed by atoms with Crippen LogP contribution in [0.5, 0.6) is 0 Å². The first kappa shape index (κ1) is 11.1. The van der Waals surface area contributed by atoms with E-state index in [1.165, 1.54) is 19.3 Å². The Kier molecular flexibility index (Phi) is 3.45. The Morgan fingerprint density at radius 3 is 2.40 bits per heavy atom. The number of Topliss-reactive ketones (excluding diaryl/α,β-unsaturated/α-hetero) is 1. The van der Waals surface area contributed by atoms with Crippen LogP contribution < -0.4 is 5.32 Å². The first-order chi connectivity index (χ1) is 7.15. The van der Waals surface area contributed by atoms with Crippen LogP contribution in [0.4, 0.5) is 0 Å². The second-order valence-corrected chi connectivity index (χ2v) is 5.72. The molecule has 2 aliphatic heterocycles. The fourth-order valence-corrected chi connectivity index (χ4v) is 3.10. The van der Waals surface area contributed by atoms with Gasteiger partial charge in [0.05, 0.1) is 0 Å². The van der Waals surface area contributed by atoms with Gasteiger partial charge in [-0.15, -0.1) is 0 Å². The maximum Gasteiger partial charge on any atom is 0.136 e. The van der Waals surface area contributed by atoms with Crippen molar-refractivity contribution in [2.75, 3.05) is 0 Å². The van der Waals surface area contributed by atoms with E-state index in [-0.39, 0.29) is 0 Å². The minimum atomic E-state index is 0.365. The molecule has 2 heterocycles. The van der Waals surface area contributed by atoms with Crippen LogP contribution in [0.25, 0.3) is 0 Å². The van der Waals surface area contributed by atoms with Crippen molar-refractivity contribution < 1.29 is 4.79 Å². The number of piperidine rings is 2. The Bertz CT molecular complexity index is 225. The van der Waals surface area contributed by atoms with E-state index in [1.54, 1.807) is 0 Å². The lowest BCUT2D eigenvalue weighted by Gasteiger charge is -2.40. The second kappa shape index (κ2) is 4.65. The van der Waals surface area contributed by atoms with Gasteiger partial charge in [0.15, 0.2) is 0 Å². The number of fused-ring (bicyclic) bond motifs is 2. The number of ketones is 1. The maximum atomic E-state index is 12.0. The van der Waals surface area contributed by atoms with Gasteiger partial charge in [0, 0.05) is 24.4 Å². The summed E-state index contributed by atoms with van der Waals surface area (Å²) >= 11 is 0. The molecule has 2 rings (SSSR count). The van der Waals surface area contributed by atoms with Gasteiger partial charge in [0.25, 0.3) is 0 Å². The largest absolute Gasteiger partial charge is 0.311 e. The van der Waals surface area contributed by atoms with E-state index in [2.05, 4.69) is 19.2 Å². The minimum absolute atomic E-state index is 0.365. The average molecular weight is 209 g/mol. The minimum Gasteiger partial charge on any atom is -0.311 e. The smallest absolute Gasteiger partial charge is 0.136 e. The number of rotatable bonds is 3. The lowest BCUT2D eigenvalue weighted by Crippen LogP contribution is -2.50. The van der Waals surface area contributed by atoms with Gasteiger partial charge < -0.3 is 5.32 Å². The number of hydrogen-bond acceptors (Lipinski definition) is 2. The molecule has 2 nitrogen and oxygen atoms in total. The third-order valence-electron chi connectivity index (χ3n) is 3.78. The van der Waals surface area contributed by atoms with Crippen LogP contribution in [0.3, 0.4) is 0 Å². The van der Waals surface area contributed by atoms with Crippen molar-refractivity contribution >= 4 is 5.78 Å². The summed E-state index contributed by atoms with van der Waals surface area (Å²) in [5.74, 6) is 1.40. The molecule has 2 aliphatic rings. The number of carbonyl (C=O) groups is 1. The maximum absolute atomic E-state index is 12.0. The highest BCUT2D eigenvalue weighted by Gasteiger charge is 2.34. The molecule has 0 radical (unpaired) electrons. The first-order valence-electron chi connectivity index (χ1n) is 6.44. The molecule has 1 N–H and O–H groups in total. The van der Waals surface area contributed by atoms with Crippen LogP contribution >= 0.6 is 0 Å². The first-order valence-corrected chi connectivity index (χ1v) is 6.44. The molecule has 0 aromatic carbocycles. The highest BCUT2D eigenvalue weighted by atomic mass is 16.1. The van der Waals surface area contributed by atoms with Gasteiger partial charge >= 0.3 is 0 Å². The molecule has 2 unspecified atom stereocenters. The quantitative estimate of drug-likeness (QED) is 0.774. The summed E-state index contributed by atoms with van der Waals surface area (Å²) in [6, 6.07) is 1.28. The molecule has 0 spiro atoms. The van der Waals surface area contributed by atoms with Crippen molar-refractivity contribution in [2.24, 2.45) is 11.8 Å². The molecule has 2 heteroatoms. The van der Waals surface area contributed by atoms with Crippen LogP contribution in [0.1, 0.15) is 52.4 Å². The lowest BCUT2D eigenvalue weighted by atomic mass is 9.77. The highest BCUT2D eigenvalue weighted by Crippen LogP contribution is 2.31. The monoisotopic (exact) mass is 209 g/mol. The van der Waals surface area contributed by atoms with E-state index < -0.39 is 0 Å². The van der Waals surface area contributed by atoms with E-state index in [0.717, 1.165) is 19.3 Å². The molecule has 0 aromatic rings. The molecule has 0 amide bonds. The molecule has 2 saturated heterocycles. The van der Waals surface area contributed by atoms with Gasteiger partial charge in [-0.2, -0.15) is 0 Å². The van der Waals surface area contributed by atoms with Crippen LogP contribution in [0.15, 0.2) is 0 Å². The van der Waals surface area contributed by atoms with Crippen molar-refractivity contribution in [3.05, 3.63) is 0 Å². The van der Waals surface area contributed by atoms with Crippen molar-refractivity contribution in [2.45, 2.75) is 64.5 Å². The average Bonchev–Trinajstić information content (AvgIpc) is 2.16. The summed E-state index contributed by atoms with van der Waals surface area (Å²) in [6.45, 7) is 4.28. The van der Waals surface area contributed by atoms with E-state index >= 15 is 0 Å². The normalized spacial score (nSPS) is 35.5. The van der Waals surface area contributed by atoms with Crippen LogP contribution in [0, 0.1) is 11.8 Å². The predicted molar refractivity (Wildman–Crippen MR) is 61.7 cm³/mol. The molecule has 0 aliphatic carbocycles. The summed E-state index contributed by atoms with van der Waals surface area (Å²) in [7, 11) is 0. The van der Waals surface area contributed by atoms with Gasteiger partial charge in [-0.1, -0.05) is 20.3 Å². The molecular weight excluding hydrogens is 186 g/mol. The molecular formula is C13H23NO. The summed E-state index contributed by atoms with van der Waals surface area (Å²) in [4.78, 5) is 12.0. The molecule has 2 atom stereocenters. The fourth-order valence-electron chi connectivity index (χ4n) is 3.10. The van der Waals surface area contributed by atoms with E-state index in [0.29, 0.717) is 29.7 Å². The summed E-state index contributed by atoms with van der Waals surface area (Å²) in [6.07, 6.45) is 6.89. The molecule has 2 fully saturated rings. The van der Waals surface area contributed by atoms with E-state index in [1.807, 2.05) is 0 Å². The van der Waals surface area contributed by atoms with Crippen LogP contribution in [0.2, 0.25) is 0 Å². The third-order valence-corrected chi connectivity index (χ3v) is 3.78. The topological polar surface area (TPSA) is 29.1 Å².